The van der Waals surface area contributed by atoms with Crippen LogP contribution in [0.15, 0.2) is 35.0 Å². The summed E-state index contributed by atoms with van der Waals surface area (Å²) in [5.41, 5.74) is 7.65. The van der Waals surface area contributed by atoms with Crippen molar-refractivity contribution in [1.82, 2.24) is 14.8 Å². The number of hydrogen-bond acceptors (Lipinski definition) is 4. The van der Waals surface area contributed by atoms with E-state index in [0.29, 0.717) is 28.7 Å². The highest BCUT2D eigenvalue weighted by Gasteiger charge is 2.07. The predicted octanol–water partition coefficient (Wildman–Crippen LogP) is 2.31. The molecule has 2 N–H and O–H groups in total. The van der Waals surface area contributed by atoms with Crippen LogP contribution in [0.1, 0.15) is 5.89 Å². The van der Waals surface area contributed by atoms with Crippen LogP contribution in [-0.4, -0.2) is 14.8 Å². The fourth-order valence-electron chi connectivity index (χ4n) is 1.62. The normalized spacial score (nSPS) is 11.1. The number of hydrogen-bond donors (Lipinski definition) is 1. The lowest BCUT2D eigenvalue weighted by Crippen LogP contribution is -1.99. The second-order valence-electron chi connectivity index (χ2n) is 3.69. The zero-order valence-corrected chi connectivity index (χ0v) is 9.55. The SMILES string of the molecule is Nc1cnn(Cc2nc3cc(Cl)ccc3o2)c1. The first-order valence-electron chi connectivity index (χ1n) is 5.03. The quantitative estimate of drug-likeness (QED) is 0.756. The van der Waals surface area contributed by atoms with Gasteiger partial charge in [-0.2, -0.15) is 5.10 Å². The van der Waals surface area contributed by atoms with Crippen molar-refractivity contribution in [1.29, 1.82) is 0 Å². The Bertz CT molecular complexity index is 673. The largest absolute Gasteiger partial charge is 0.439 e. The number of rotatable bonds is 2. The van der Waals surface area contributed by atoms with Crippen molar-refractivity contribution in [3.63, 3.8) is 0 Å². The summed E-state index contributed by atoms with van der Waals surface area (Å²) in [4.78, 5) is 4.33. The average molecular weight is 249 g/mol. The average Bonchev–Trinajstić information content (AvgIpc) is 2.84. The maximum absolute atomic E-state index is 5.88. The minimum absolute atomic E-state index is 0.448. The second-order valence-corrected chi connectivity index (χ2v) is 4.13. The highest BCUT2D eigenvalue weighted by molar-refractivity contribution is 6.31. The molecule has 0 atom stereocenters. The number of aromatic nitrogens is 3. The zero-order chi connectivity index (χ0) is 11.8. The van der Waals surface area contributed by atoms with Gasteiger partial charge in [-0.25, -0.2) is 4.98 Å². The standard InChI is InChI=1S/C11H9ClN4O/c12-7-1-2-10-9(3-7)15-11(17-10)6-16-5-8(13)4-14-16/h1-5H,6,13H2. The molecule has 0 aliphatic carbocycles. The molecule has 0 fully saturated rings. The summed E-state index contributed by atoms with van der Waals surface area (Å²) in [6, 6.07) is 5.33. The van der Waals surface area contributed by atoms with E-state index in [9.17, 15) is 0 Å². The maximum atomic E-state index is 5.88. The van der Waals surface area contributed by atoms with Crippen LogP contribution in [0.25, 0.3) is 11.1 Å². The van der Waals surface area contributed by atoms with Gasteiger partial charge in [0.25, 0.3) is 0 Å². The van der Waals surface area contributed by atoms with Crippen molar-refractivity contribution in [2.75, 3.05) is 5.73 Å². The maximum Gasteiger partial charge on any atom is 0.217 e. The first-order chi connectivity index (χ1) is 8.20. The van der Waals surface area contributed by atoms with E-state index in [1.54, 1.807) is 35.3 Å². The monoisotopic (exact) mass is 248 g/mol. The van der Waals surface area contributed by atoms with Gasteiger partial charge in [0.15, 0.2) is 5.58 Å². The summed E-state index contributed by atoms with van der Waals surface area (Å²) < 4.78 is 7.23. The van der Waals surface area contributed by atoms with Crippen molar-refractivity contribution in [3.05, 3.63) is 41.5 Å². The molecule has 2 heterocycles. The Hall–Kier alpha value is -2.01. The molecule has 0 amide bonds. The van der Waals surface area contributed by atoms with Crippen molar-refractivity contribution < 1.29 is 4.42 Å². The van der Waals surface area contributed by atoms with Gasteiger partial charge < -0.3 is 10.2 Å². The summed E-state index contributed by atoms with van der Waals surface area (Å²) in [7, 11) is 0. The van der Waals surface area contributed by atoms with E-state index in [-0.39, 0.29) is 0 Å². The molecular weight excluding hydrogens is 240 g/mol. The second kappa shape index (κ2) is 3.78. The topological polar surface area (TPSA) is 69.9 Å². The fraction of sp³-hybridized carbons (Fsp3) is 0.0909. The molecule has 0 aliphatic rings. The van der Waals surface area contributed by atoms with E-state index < -0.39 is 0 Å². The van der Waals surface area contributed by atoms with Gasteiger partial charge in [-0.1, -0.05) is 11.6 Å². The molecule has 1 aromatic carbocycles. The van der Waals surface area contributed by atoms with Gasteiger partial charge >= 0.3 is 0 Å². The number of oxazole rings is 1. The molecule has 0 spiro atoms. The van der Waals surface area contributed by atoms with Gasteiger partial charge in [-0.3, -0.25) is 4.68 Å². The third kappa shape index (κ3) is 1.97. The van der Waals surface area contributed by atoms with E-state index >= 15 is 0 Å². The number of benzene rings is 1. The molecule has 0 unspecified atom stereocenters. The van der Waals surface area contributed by atoms with E-state index in [0.717, 1.165) is 5.52 Å². The van der Waals surface area contributed by atoms with Crippen LogP contribution in [0, 0.1) is 0 Å². The summed E-state index contributed by atoms with van der Waals surface area (Å²) in [5, 5.41) is 4.70. The number of nitrogens with zero attached hydrogens (tertiary/aromatic N) is 3. The molecule has 17 heavy (non-hydrogen) atoms. The van der Waals surface area contributed by atoms with Gasteiger partial charge in [0, 0.05) is 11.2 Å². The number of nitrogen functional groups attached to an aromatic ring is 1. The molecule has 6 heteroatoms. The lowest BCUT2D eigenvalue weighted by Gasteiger charge is -1.94. The van der Waals surface area contributed by atoms with Crippen LogP contribution in [-0.2, 0) is 6.54 Å². The van der Waals surface area contributed by atoms with Crippen molar-refractivity contribution in [2.24, 2.45) is 0 Å². The first kappa shape index (κ1) is 10.2. The number of anilines is 1. The van der Waals surface area contributed by atoms with Crippen molar-refractivity contribution >= 4 is 28.4 Å². The molecule has 0 saturated carbocycles. The highest BCUT2D eigenvalue weighted by Crippen LogP contribution is 2.20. The van der Waals surface area contributed by atoms with E-state index in [4.69, 9.17) is 21.8 Å². The summed E-state index contributed by atoms with van der Waals surface area (Å²) in [5.74, 6) is 0.574. The Labute approximate surface area is 102 Å². The van der Waals surface area contributed by atoms with Crippen LogP contribution in [0.4, 0.5) is 5.69 Å². The minimum Gasteiger partial charge on any atom is -0.439 e. The smallest absolute Gasteiger partial charge is 0.217 e. The molecule has 3 aromatic rings. The first-order valence-corrected chi connectivity index (χ1v) is 5.41. The molecule has 0 aliphatic heterocycles. The van der Waals surface area contributed by atoms with Gasteiger partial charge in [-0.05, 0) is 18.2 Å². The van der Waals surface area contributed by atoms with Crippen LogP contribution in [0.5, 0.6) is 0 Å². The van der Waals surface area contributed by atoms with E-state index in [1.807, 2.05) is 0 Å². The third-order valence-electron chi connectivity index (χ3n) is 2.34. The predicted molar refractivity (Wildman–Crippen MR) is 64.8 cm³/mol. The Morgan fingerprint density at radius 1 is 1.41 bits per heavy atom. The molecule has 2 aromatic heterocycles. The Balaban J connectivity index is 1.95. The minimum atomic E-state index is 0.448. The number of nitrogens with two attached hydrogens (primary N) is 1. The molecule has 5 nitrogen and oxygen atoms in total. The molecule has 86 valence electrons. The molecular formula is C11H9ClN4O. The zero-order valence-electron chi connectivity index (χ0n) is 8.80. The Kier molecular flexibility index (Phi) is 2.26. The highest BCUT2D eigenvalue weighted by atomic mass is 35.5. The van der Waals surface area contributed by atoms with Crippen LogP contribution in [0.2, 0.25) is 5.02 Å². The molecule has 0 bridgehead atoms. The summed E-state index contributed by atoms with van der Waals surface area (Å²) in [6.45, 7) is 0.448. The van der Waals surface area contributed by atoms with Crippen LogP contribution in [0.3, 0.4) is 0 Å². The van der Waals surface area contributed by atoms with Gasteiger partial charge in [0.1, 0.15) is 12.1 Å². The summed E-state index contributed by atoms with van der Waals surface area (Å²) >= 11 is 5.88. The fourth-order valence-corrected chi connectivity index (χ4v) is 1.79. The lowest BCUT2D eigenvalue weighted by molar-refractivity contribution is 0.492. The molecule has 3 rings (SSSR count). The van der Waals surface area contributed by atoms with Crippen molar-refractivity contribution in [3.8, 4) is 0 Å². The molecule has 0 radical (unpaired) electrons. The number of halogens is 1. The number of fused-ring (bicyclic) bond motifs is 1. The van der Waals surface area contributed by atoms with E-state index in [1.165, 1.54) is 0 Å². The van der Waals surface area contributed by atoms with Crippen LogP contribution < -0.4 is 5.73 Å². The Morgan fingerprint density at radius 2 is 2.29 bits per heavy atom. The lowest BCUT2D eigenvalue weighted by atomic mass is 10.3. The van der Waals surface area contributed by atoms with Crippen LogP contribution >= 0.6 is 11.6 Å². The van der Waals surface area contributed by atoms with Gasteiger partial charge in [0.2, 0.25) is 5.89 Å². The molecule has 0 saturated heterocycles. The van der Waals surface area contributed by atoms with Gasteiger partial charge in [-0.15, -0.1) is 0 Å². The Morgan fingerprint density at radius 3 is 3.06 bits per heavy atom. The summed E-state index contributed by atoms with van der Waals surface area (Å²) in [6.07, 6.45) is 3.31. The van der Waals surface area contributed by atoms with E-state index in [2.05, 4.69) is 10.1 Å². The third-order valence-corrected chi connectivity index (χ3v) is 2.58. The van der Waals surface area contributed by atoms with Gasteiger partial charge in [0.05, 0.1) is 11.9 Å². The van der Waals surface area contributed by atoms with Crippen molar-refractivity contribution in [2.45, 2.75) is 6.54 Å².